The SMILES string of the molecule is N#CCCCc1cccc(F)c1F. The molecule has 0 fully saturated rings. The first-order valence-corrected chi connectivity index (χ1v) is 4.05. The van der Waals surface area contributed by atoms with E-state index in [1.807, 2.05) is 6.07 Å². The molecule has 0 saturated carbocycles. The van der Waals surface area contributed by atoms with Gasteiger partial charge >= 0.3 is 0 Å². The summed E-state index contributed by atoms with van der Waals surface area (Å²) in [6.45, 7) is 0. The summed E-state index contributed by atoms with van der Waals surface area (Å²) >= 11 is 0. The van der Waals surface area contributed by atoms with E-state index in [0.29, 0.717) is 24.8 Å². The molecule has 1 rings (SSSR count). The molecule has 0 spiro atoms. The van der Waals surface area contributed by atoms with Gasteiger partial charge in [0.2, 0.25) is 0 Å². The molecule has 0 amide bonds. The van der Waals surface area contributed by atoms with Gasteiger partial charge in [-0.2, -0.15) is 5.26 Å². The van der Waals surface area contributed by atoms with Crippen molar-refractivity contribution in [2.75, 3.05) is 0 Å². The molecule has 0 aliphatic carbocycles. The smallest absolute Gasteiger partial charge is 0.162 e. The second-order valence-electron chi connectivity index (χ2n) is 2.72. The number of rotatable bonds is 3. The van der Waals surface area contributed by atoms with Gasteiger partial charge < -0.3 is 0 Å². The number of nitriles is 1. The van der Waals surface area contributed by atoms with Crippen LogP contribution in [0.2, 0.25) is 0 Å². The molecule has 0 aliphatic heterocycles. The minimum atomic E-state index is -0.825. The first-order valence-electron chi connectivity index (χ1n) is 4.05. The Labute approximate surface area is 75.6 Å². The van der Waals surface area contributed by atoms with E-state index >= 15 is 0 Å². The molecule has 3 heteroatoms. The zero-order valence-electron chi connectivity index (χ0n) is 7.06. The first-order chi connectivity index (χ1) is 6.25. The summed E-state index contributed by atoms with van der Waals surface area (Å²) in [6.07, 6.45) is 1.35. The Bertz CT molecular complexity index is 328. The van der Waals surface area contributed by atoms with Crippen molar-refractivity contribution in [3.8, 4) is 6.07 Å². The van der Waals surface area contributed by atoms with Gasteiger partial charge in [-0.05, 0) is 24.5 Å². The Morgan fingerprint density at radius 1 is 1.31 bits per heavy atom. The average molecular weight is 181 g/mol. The molecule has 1 aromatic rings. The molecule has 1 nitrogen and oxygen atoms in total. The highest BCUT2D eigenvalue weighted by Crippen LogP contribution is 2.13. The number of halogens is 2. The maximum absolute atomic E-state index is 13.0. The second-order valence-corrected chi connectivity index (χ2v) is 2.72. The number of unbranched alkanes of at least 4 members (excludes halogenated alkanes) is 1. The number of nitrogens with zero attached hydrogens (tertiary/aromatic N) is 1. The molecule has 68 valence electrons. The molecule has 0 N–H and O–H groups in total. The van der Waals surface area contributed by atoms with Crippen LogP contribution < -0.4 is 0 Å². The van der Waals surface area contributed by atoms with Crippen LogP contribution in [0.25, 0.3) is 0 Å². The van der Waals surface area contributed by atoms with Crippen LogP contribution in [0.1, 0.15) is 18.4 Å². The largest absolute Gasteiger partial charge is 0.204 e. The topological polar surface area (TPSA) is 23.8 Å². The van der Waals surface area contributed by atoms with Crippen LogP contribution >= 0.6 is 0 Å². The molecule has 0 aromatic heterocycles. The number of hydrogen-bond donors (Lipinski definition) is 0. The Balaban J connectivity index is 2.67. The molecule has 0 radical (unpaired) electrons. The van der Waals surface area contributed by atoms with Crippen LogP contribution in [0.3, 0.4) is 0 Å². The van der Waals surface area contributed by atoms with Crippen molar-refractivity contribution in [2.45, 2.75) is 19.3 Å². The van der Waals surface area contributed by atoms with E-state index in [2.05, 4.69) is 0 Å². The lowest BCUT2D eigenvalue weighted by Gasteiger charge is -2.01. The average Bonchev–Trinajstić information content (AvgIpc) is 2.13. The van der Waals surface area contributed by atoms with Gasteiger partial charge in [0, 0.05) is 6.42 Å². The van der Waals surface area contributed by atoms with Crippen molar-refractivity contribution in [1.82, 2.24) is 0 Å². The summed E-state index contributed by atoms with van der Waals surface area (Å²) in [7, 11) is 0. The lowest BCUT2D eigenvalue weighted by atomic mass is 10.1. The molecular formula is C10H9F2N. The maximum atomic E-state index is 13.0. The van der Waals surface area contributed by atoms with Crippen molar-refractivity contribution in [2.24, 2.45) is 0 Å². The molecule has 13 heavy (non-hydrogen) atoms. The molecule has 0 aliphatic rings. The first kappa shape index (κ1) is 9.66. The molecule has 0 saturated heterocycles. The Kier molecular flexibility index (Phi) is 3.39. The fourth-order valence-corrected chi connectivity index (χ4v) is 1.10. The van der Waals surface area contributed by atoms with Crippen LogP contribution in [0, 0.1) is 23.0 Å². The fourth-order valence-electron chi connectivity index (χ4n) is 1.10. The maximum Gasteiger partial charge on any atom is 0.162 e. The van der Waals surface area contributed by atoms with Crippen molar-refractivity contribution >= 4 is 0 Å². The summed E-state index contributed by atoms with van der Waals surface area (Å²) < 4.78 is 25.6. The third kappa shape index (κ3) is 2.51. The third-order valence-electron chi connectivity index (χ3n) is 1.77. The van der Waals surface area contributed by atoms with Crippen LogP contribution in [0.4, 0.5) is 8.78 Å². The van der Waals surface area contributed by atoms with Crippen molar-refractivity contribution in [3.63, 3.8) is 0 Å². The molecular weight excluding hydrogens is 172 g/mol. The number of benzene rings is 1. The van der Waals surface area contributed by atoms with Gasteiger partial charge in [0.05, 0.1) is 6.07 Å². The molecule has 0 heterocycles. The number of aryl methyl sites for hydroxylation is 1. The van der Waals surface area contributed by atoms with Gasteiger partial charge in [-0.15, -0.1) is 0 Å². The normalized spacial score (nSPS) is 9.62. The van der Waals surface area contributed by atoms with Crippen molar-refractivity contribution < 1.29 is 8.78 Å². The zero-order valence-corrected chi connectivity index (χ0v) is 7.06. The van der Waals surface area contributed by atoms with E-state index in [9.17, 15) is 8.78 Å². The molecule has 0 unspecified atom stereocenters. The Morgan fingerprint density at radius 2 is 2.08 bits per heavy atom. The summed E-state index contributed by atoms with van der Waals surface area (Å²) in [5, 5.41) is 8.25. The van der Waals surface area contributed by atoms with E-state index in [1.54, 1.807) is 0 Å². The standard InChI is InChI=1S/C10H9F2N/c11-9-6-3-5-8(10(9)12)4-1-2-7-13/h3,5-6H,1-2,4H2. The van der Waals surface area contributed by atoms with Gasteiger partial charge in [-0.3, -0.25) is 0 Å². The summed E-state index contributed by atoms with van der Waals surface area (Å²) in [5.74, 6) is -1.62. The van der Waals surface area contributed by atoms with Gasteiger partial charge in [0.1, 0.15) is 0 Å². The van der Waals surface area contributed by atoms with E-state index < -0.39 is 11.6 Å². The second kappa shape index (κ2) is 4.56. The van der Waals surface area contributed by atoms with Crippen LogP contribution in [0.15, 0.2) is 18.2 Å². The Morgan fingerprint density at radius 3 is 2.77 bits per heavy atom. The summed E-state index contributed by atoms with van der Waals surface area (Å²) in [5.41, 5.74) is 0.343. The third-order valence-corrected chi connectivity index (χ3v) is 1.77. The summed E-state index contributed by atoms with van der Waals surface area (Å²) in [6, 6.07) is 6.05. The van der Waals surface area contributed by atoms with Crippen LogP contribution in [-0.4, -0.2) is 0 Å². The predicted octanol–water partition coefficient (Wildman–Crippen LogP) is 2.81. The van der Waals surface area contributed by atoms with Gasteiger partial charge in [0.15, 0.2) is 11.6 Å². The van der Waals surface area contributed by atoms with E-state index in [-0.39, 0.29) is 0 Å². The lowest BCUT2D eigenvalue weighted by molar-refractivity contribution is 0.497. The van der Waals surface area contributed by atoms with E-state index in [4.69, 9.17) is 5.26 Å². The summed E-state index contributed by atoms with van der Waals surface area (Å²) in [4.78, 5) is 0. The monoisotopic (exact) mass is 181 g/mol. The highest BCUT2D eigenvalue weighted by Gasteiger charge is 2.06. The van der Waals surface area contributed by atoms with E-state index in [1.165, 1.54) is 12.1 Å². The Hall–Kier alpha value is -1.43. The molecule has 0 atom stereocenters. The van der Waals surface area contributed by atoms with Gasteiger partial charge in [-0.1, -0.05) is 12.1 Å². The molecule has 1 aromatic carbocycles. The predicted molar refractivity (Wildman–Crippen MR) is 44.9 cm³/mol. The van der Waals surface area contributed by atoms with Crippen LogP contribution in [-0.2, 0) is 6.42 Å². The lowest BCUT2D eigenvalue weighted by Crippen LogP contribution is -1.93. The van der Waals surface area contributed by atoms with Gasteiger partial charge in [-0.25, -0.2) is 8.78 Å². The molecule has 0 bridgehead atoms. The van der Waals surface area contributed by atoms with E-state index in [0.717, 1.165) is 6.07 Å². The van der Waals surface area contributed by atoms with Gasteiger partial charge in [0.25, 0.3) is 0 Å². The highest BCUT2D eigenvalue weighted by molar-refractivity contribution is 5.18. The minimum absolute atomic E-state index is 0.343. The fraction of sp³-hybridized carbons (Fsp3) is 0.300. The minimum Gasteiger partial charge on any atom is -0.204 e. The quantitative estimate of drug-likeness (QED) is 0.658. The number of hydrogen-bond acceptors (Lipinski definition) is 1. The van der Waals surface area contributed by atoms with Crippen LogP contribution in [0.5, 0.6) is 0 Å². The van der Waals surface area contributed by atoms with Crippen molar-refractivity contribution in [3.05, 3.63) is 35.4 Å². The highest BCUT2D eigenvalue weighted by atomic mass is 19.2. The zero-order chi connectivity index (χ0) is 9.68. The van der Waals surface area contributed by atoms with Crippen molar-refractivity contribution in [1.29, 1.82) is 5.26 Å².